The van der Waals surface area contributed by atoms with E-state index in [0.29, 0.717) is 50.7 Å². The van der Waals surface area contributed by atoms with Gasteiger partial charge < -0.3 is 10.2 Å². The summed E-state index contributed by atoms with van der Waals surface area (Å²) in [5, 5.41) is 5.13. The minimum atomic E-state index is -3.74. The molecule has 4 rings (SSSR count). The quantitative estimate of drug-likeness (QED) is 0.825. The van der Waals surface area contributed by atoms with E-state index in [1.807, 2.05) is 35.4 Å². The van der Waals surface area contributed by atoms with Crippen molar-refractivity contribution in [3.63, 3.8) is 0 Å². The van der Waals surface area contributed by atoms with Crippen molar-refractivity contribution in [3.05, 3.63) is 35.7 Å². The number of nitrogens with one attached hydrogen (secondary N) is 1. The predicted octanol–water partition coefficient (Wildman–Crippen LogP) is 2.48. The number of rotatable bonds is 4. The molecular formula is C19H22N4O3S2. The largest absolute Gasteiger partial charge is 0.341 e. The Bertz CT molecular complexity index is 1010. The molecule has 9 heteroatoms. The summed E-state index contributed by atoms with van der Waals surface area (Å²) >= 11 is 1.57. The molecule has 0 atom stereocenters. The van der Waals surface area contributed by atoms with Crippen LogP contribution in [0.2, 0.25) is 0 Å². The van der Waals surface area contributed by atoms with Gasteiger partial charge in [0.05, 0.1) is 12.2 Å². The standard InChI is InChI=1S/C19H22N4O3S2/c1-2-19(24)23-9-7-22(8-10-23)13-18-20-15-6-5-14(16-4-3-11-27-16)12-17(15)28(25,26)21-18/h3-6,11-12H,2,7-10,13H2,1H3,(H,20,21). The van der Waals surface area contributed by atoms with E-state index in [2.05, 4.69) is 14.6 Å². The first-order chi connectivity index (χ1) is 13.5. The van der Waals surface area contributed by atoms with Crippen molar-refractivity contribution in [2.75, 3.05) is 38.0 Å². The zero-order valence-electron chi connectivity index (χ0n) is 15.6. The zero-order valence-corrected chi connectivity index (χ0v) is 17.2. The normalized spacial score (nSPS) is 18.9. The van der Waals surface area contributed by atoms with E-state index in [9.17, 15) is 13.2 Å². The van der Waals surface area contributed by atoms with E-state index in [0.717, 1.165) is 10.4 Å². The van der Waals surface area contributed by atoms with Gasteiger partial charge in [-0.15, -0.1) is 15.7 Å². The number of piperazine rings is 1. The van der Waals surface area contributed by atoms with Crippen LogP contribution in [0.4, 0.5) is 5.69 Å². The molecule has 1 aromatic heterocycles. The minimum Gasteiger partial charge on any atom is -0.341 e. The molecule has 1 saturated heterocycles. The first-order valence-corrected chi connectivity index (χ1v) is 11.6. The number of hydrogen-bond acceptors (Lipinski definition) is 6. The Kier molecular flexibility index (Phi) is 5.22. The summed E-state index contributed by atoms with van der Waals surface area (Å²) in [5.74, 6) is 0.581. The Morgan fingerprint density at radius 3 is 2.68 bits per heavy atom. The third kappa shape index (κ3) is 3.82. The summed E-state index contributed by atoms with van der Waals surface area (Å²) in [4.78, 5) is 17.0. The van der Waals surface area contributed by atoms with Gasteiger partial charge in [0, 0.05) is 37.5 Å². The molecule has 0 spiro atoms. The zero-order chi connectivity index (χ0) is 19.7. The SMILES string of the molecule is CCC(=O)N1CCN(CC2=NS(=O)(=O)c3cc(-c4cccs4)ccc3N2)CC1. The van der Waals surface area contributed by atoms with Gasteiger partial charge in [-0.25, -0.2) is 0 Å². The number of sulfonamides is 1. The smallest absolute Gasteiger partial charge is 0.286 e. The fourth-order valence-electron chi connectivity index (χ4n) is 3.47. The molecule has 0 aliphatic carbocycles. The Labute approximate surface area is 168 Å². The summed E-state index contributed by atoms with van der Waals surface area (Å²) in [6.07, 6.45) is 0.511. The van der Waals surface area contributed by atoms with E-state index >= 15 is 0 Å². The first-order valence-electron chi connectivity index (χ1n) is 9.25. The number of anilines is 1. The highest BCUT2D eigenvalue weighted by atomic mass is 32.2. The lowest BCUT2D eigenvalue weighted by atomic mass is 10.1. The number of fused-ring (bicyclic) bond motifs is 1. The van der Waals surface area contributed by atoms with Crippen molar-refractivity contribution in [3.8, 4) is 10.4 Å². The minimum absolute atomic E-state index is 0.158. The molecular weight excluding hydrogens is 396 g/mol. The van der Waals surface area contributed by atoms with Gasteiger partial charge in [-0.2, -0.15) is 8.42 Å². The molecule has 0 bridgehead atoms. The van der Waals surface area contributed by atoms with Crippen LogP contribution < -0.4 is 5.32 Å². The topological polar surface area (TPSA) is 82.1 Å². The van der Waals surface area contributed by atoms with Crippen LogP contribution in [-0.4, -0.2) is 62.7 Å². The summed E-state index contributed by atoms with van der Waals surface area (Å²) < 4.78 is 29.5. The first kappa shape index (κ1) is 19.1. The van der Waals surface area contributed by atoms with Crippen LogP contribution in [0.5, 0.6) is 0 Å². The van der Waals surface area contributed by atoms with Crippen molar-refractivity contribution >= 4 is 38.8 Å². The molecule has 3 heterocycles. The van der Waals surface area contributed by atoms with Crippen molar-refractivity contribution in [2.24, 2.45) is 4.40 Å². The molecule has 1 amide bonds. The maximum absolute atomic E-state index is 12.7. The Balaban J connectivity index is 1.49. The third-order valence-corrected chi connectivity index (χ3v) is 7.25. The van der Waals surface area contributed by atoms with Crippen LogP contribution in [-0.2, 0) is 14.8 Å². The highest BCUT2D eigenvalue weighted by Crippen LogP contribution is 2.33. The van der Waals surface area contributed by atoms with Gasteiger partial charge in [0.1, 0.15) is 10.7 Å². The number of hydrogen-bond donors (Lipinski definition) is 1. The number of amidine groups is 1. The van der Waals surface area contributed by atoms with Crippen LogP contribution in [0.15, 0.2) is 45.0 Å². The fourth-order valence-corrected chi connectivity index (χ4v) is 5.36. The molecule has 2 aromatic rings. The second kappa shape index (κ2) is 7.65. The van der Waals surface area contributed by atoms with Crippen LogP contribution in [0, 0.1) is 0 Å². The molecule has 1 aromatic carbocycles. The number of carbonyl (C=O) groups is 1. The van der Waals surface area contributed by atoms with Crippen LogP contribution in [0.25, 0.3) is 10.4 Å². The van der Waals surface area contributed by atoms with E-state index in [1.54, 1.807) is 23.5 Å². The number of nitrogens with zero attached hydrogens (tertiary/aromatic N) is 3. The maximum Gasteiger partial charge on any atom is 0.286 e. The van der Waals surface area contributed by atoms with Crippen molar-refractivity contribution < 1.29 is 13.2 Å². The van der Waals surface area contributed by atoms with E-state index in [4.69, 9.17) is 0 Å². The van der Waals surface area contributed by atoms with Gasteiger partial charge in [-0.3, -0.25) is 9.69 Å². The van der Waals surface area contributed by atoms with Gasteiger partial charge in [-0.05, 0) is 29.1 Å². The number of amides is 1. The maximum atomic E-state index is 12.7. The van der Waals surface area contributed by atoms with Crippen molar-refractivity contribution in [1.29, 1.82) is 0 Å². The molecule has 2 aliphatic rings. The Morgan fingerprint density at radius 2 is 2.00 bits per heavy atom. The van der Waals surface area contributed by atoms with E-state index in [-0.39, 0.29) is 10.8 Å². The van der Waals surface area contributed by atoms with Crippen LogP contribution >= 0.6 is 11.3 Å². The summed E-state index contributed by atoms with van der Waals surface area (Å²) in [7, 11) is -3.74. The van der Waals surface area contributed by atoms with Crippen molar-refractivity contribution in [1.82, 2.24) is 9.80 Å². The second-order valence-electron chi connectivity index (χ2n) is 6.84. The fraction of sp³-hybridized carbons (Fsp3) is 0.368. The lowest BCUT2D eigenvalue weighted by Gasteiger charge is -2.35. The molecule has 28 heavy (non-hydrogen) atoms. The average Bonchev–Trinajstić information content (AvgIpc) is 3.22. The van der Waals surface area contributed by atoms with E-state index < -0.39 is 10.0 Å². The number of benzene rings is 1. The predicted molar refractivity (Wildman–Crippen MR) is 111 cm³/mol. The van der Waals surface area contributed by atoms with Gasteiger partial charge in [0.25, 0.3) is 10.0 Å². The molecule has 2 aliphatic heterocycles. The third-order valence-electron chi connectivity index (χ3n) is 4.98. The average molecular weight is 419 g/mol. The second-order valence-corrected chi connectivity index (χ2v) is 9.36. The van der Waals surface area contributed by atoms with Crippen LogP contribution in [0.3, 0.4) is 0 Å². The molecule has 148 valence electrons. The van der Waals surface area contributed by atoms with E-state index in [1.165, 1.54) is 0 Å². The Morgan fingerprint density at radius 1 is 1.21 bits per heavy atom. The molecule has 0 radical (unpaired) electrons. The molecule has 0 saturated carbocycles. The van der Waals surface area contributed by atoms with Gasteiger partial charge >= 0.3 is 0 Å². The highest BCUT2D eigenvalue weighted by molar-refractivity contribution is 7.90. The van der Waals surface area contributed by atoms with Gasteiger partial charge in [0.15, 0.2) is 0 Å². The molecule has 1 fully saturated rings. The summed E-state index contributed by atoms with van der Waals surface area (Å²) in [6.45, 7) is 5.01. The Hall–Kier alpha value is -2.23. The van der Waals surface area contributed by atoms with Gasteiger partial charge in [-0.1, -0.05) is 19.1 Å². The highest BCUT2D eigenvalue weighted by Gasteiger charge is 2.28. The molecule has 0 unspecified atom stereocenters. The summed E-state index contributed by atoms with van der Waals surface area (Å²) in [6, 6.07) is 9.31. The number of carbonyl (C=O) groups excluding carboxylic acids is 1. The lowest BCUT2D eigenvalue weighted by Crippen LogP contribution is -2.50. The van der Waals surface area contributed by atoms with Crippen molar-refractivity contribution in [2.45, 2.75) is 18.2 Å². The molecule has 1 N–H and O–H groups in total. The lowest BCUT2D eigenvalue weighted by molar-refractivity contribution is -0.132. The number of thiophene rings is 1. The summed E-state index contributed by atoms with van der Waals surface area (Å²) in [5.41, 5.74) is 1.43. The van der Waals surface area contributed by atoms with Crippen LogP contribution in [0.1, 0.15) is 13.3 Å². The molecule has 7 nitrogen and oxygen atoms in total. The monoisotopic (exact) mass is 418 g/mol. The van der Waals surface area contributed by atoms with Gasteiger partial charge in [0.2, 0.25) is 5.91 Å².